The van der Waals surface area contributed by atoms with Crippen LogP contribution in [0.3, 0.4) is 0 Å². The molecule has 18 heavy (non-hydrogen) atoms. The van der Waals surface area contributed by atoms with E-state index in [-0.39, 0.29) is 0 Å². The van der Waals surface area contributed by atoms with Gasteiger partial charge in [-0.05, 0) is 12.1 Å². The van der Waals surface area contributed by atoms with E-state index < -0.39 is 0 Å². The zero-order valence-electron chi connectivity index (χ0n) is 10.6. The number of anilines is 1. The first-order valence-corrected chi connectivity index (χ1v) is 6.97. The van der Waals surface area contributed by atoms with Crippen molar-refractivity contribution in [3.05, 3.63) is 46.4 Å². The smallest absolute Gasteiger partial charge is 0.0951 e. The van der Waals surface area contributed by atoms with E-state index in [0.29, 0.717) is 0 Å². The van der Waals surface area contributed by atoms with Gasteiger partial charge in [-0.15, -0.1) is 11.3 Å². The van der Waals surface area contributed by atoms with E-state index in [1.54, 1.807) is 18.4 Å². The second-order valence-corrected chi connectivity index (χ2v) is 4.96. The average Bonchev–Trinajstić information content (AvgIpc) is 2.85. The largest absolute Gasteiger partial charge is 0.385 e. The molecule has 2 aromatic rings. The molecule has 1 aromatic heterocycles. The van der Waals surface area contributed by atoms with E-state index >= 15 is 0 Å². The maximum atomic E-state index is 5.05. The second kappa shape index (κ2) is 7.13. The molecular formula is C14H18N2OS. The van der Waals surface area contributed by atoms with E-state index in [4.69, 9.17) is 4.74 Å². The van der Waals surface area contributed by atoms with Crippen molar-refractivity contribution in [2.75, 3.05) is 25.6 Å². The fraction of sp³-hybridized carbons (Fsp3) is 0.357. The highest BCUT2D eigenvalue weighted by Crippen LogP contribution is 2.11. The van der Waals surface area contributed by atoms with Crippen LogP contribution in [-0.2, 0) is 17.6 Å². The van der Waals surface area contributed by atoms with Gasteiger partial charge in [0.2, 0.25) is 0 Å². The van der Waals surface area contributed by atoms with Crippen LogP contribution in [0.4, 0.5) is 5.69 Å². The number of benzene rings is 1. The minimum absolute atomic E-state index is 0.745. The predicted octanol–water partition coefficient (Wildman–Crippen LogP) is 2.99. The fourth-order valence-corrected chi connectivity index (χ4v) is 2.47. The molecule has 2 rings (SSSR count). The first-order valence-electron chi connectivity index (χ1n) is 6.09. The highest BCUT2D eigenvalue weighted by Gasteiger charge is 2.01. The van der Waals surface area contributed by atoms with Crippen LogP contribution in [0.25, 0.3) is 0 Å². The first-order chi connectivity index (χ1) is 8.88. The summed E-state index contributed by atoms with van der Waals surface area (Å²) in [6.07, 6.45) is 1.87. The van der Waals surface area contributed by atoms with Crippen molar-refractivity contribution >= 4 is 17.0 Å². The Morgan fingerprint density at radius 1 is 1.22 bits per heavy atom. The normalized spacial score (nSPS) is 10.5. The summed E-state index contributed by atoms with van der Waals surface area (Å²) in [5.74, 6) is 0. The monoisotopic (exact) mass is 262 g/mol. The summed E-state index contributed by atoms with van der Waals surface area (Å²) in [5, 5.41) is 6.68. The van der Waals surface area contributed by atoms with Gasteiger partial charge in [-0.25, -0.2) is 4.98 Å². The Morgan fingerprint density at radius 3 is 2.83 bits per heavy atom. The van der Waals surface area contributed by atoms with Crippen LogP contribution in [0, 0.1) is 0 Å². The molecule has 0 unspecified atom stereocenters. The van der Waals surface area contributed by atoms with Gasteiger partial charge in [0.1, 0.15) is 0 Å². The molecule has 0 aliphatic rings. The Labute approximate surface area is 112 Å². The quantitative estimate of drug-likeness (QED) is 0.833. The summed E-state index contributed by atoms with van der Waals surface area (Å²) >= 11 is 1.72. The van der Waals surface area contributed by atoms with Crippen molar-refractivity contribution in [1.29, 1.82) is 0 Å². The Morgan fingerprint density at radius 2 is 2.06 bits per heavy atom. The van der Waals surface area contributed by atoms with Crippen LogP contribution >= 0.6 is 11.3 Å². The van der Waals surface area contributed by atoms with Crippen molar-refractivity contribution in [2.45, 2.75) is 12.8 Å². The minimum atomic E-state index is 0.745. The number of rotatable bonds is 7. The molecule has 0 spiro atoms. The lowest BCUT2D eigenvalue weighted by atomic mass is 10.3. The van der Waals surface area contributed by atoms with E-state index in [1.165, 1.54) is 0 Å². The van der Waals surface area contributed by atoms with E-state index in [0.717, 1.165) is 42.4 Å². The molecule has 1 aromatic carbocycles. The van der Waals surface area contributed by atoms with Gasteiger partial charge in [0.05, 0.1) is 17.3 Å². The predicted molar refractivity (Wildman–Crippen MR) is 76.3 cm³/mol. The van der Waals surface area contributed by atoms with E-state index in [9.17, 15) is 0 Å². The fourth-order valence-electron chi connectivity index (χ4n) is 1.66. The third-order valence-corrected chi connectivity index (χ3v) is 3.56. The molecule has 0 radical (unpaired) electrons. The SMILES string of the molecule is COCCc1nc(CCNc2ccccc2)cs1. The molecule has 0 saturated heterocycles. The minimum Gasteiger partial charge on any atom is -0.385 e. The lowest BCUT2D eigenvalue weighted by molar-refractivity contribution is 0.202. The number of nitrogens with zero attached hydrogens (tertiary/aromatic N) is 1. The Balaban J connectivity index is 1.75. The highest BCUT2D eigenvalue weighted by atomic mass is 32.1. The first kappa shape index (κ1) is 13.1. The lowest BCUT2D eigenvalue weighted by Crippen LogP contribution is -2.05. The number of methoxy groups -OCH3 is 1. The van der Waals surface area contributed by atoms with Gasteiger partial charge in [-0.2, -0.15) is 0 Å². The van der Waals surface area contributed by atoms with Crippen molar-refractivity contribution in [3.8, 4) is 0 Å². The zero-order chi connectivity index (χ0) is 12.6. The van der Waals surface area contributed by atoms with Crippen LogP contribution in [-0.4, -0.2) is 25.2 Å². The summed E-state index contributed by atoms with van der Waals surface area (Å²) in [6, 6.07) is 10.2. The summed E-state index contributed by atoms with van der Waals surface area (Å²) in [5.41, 5.74) is 2.32. The van der Waals surface area contributed by atoms with Crippen molar-refractivity contribution in [3.63, 3.8) is 0 Å². The Kier molecular flexibility index (Phi) is 5.17. The molecule has 0 aliphatic carbocycles. The number of hydrogen-bond donors (Lipinski definition) is 1. The molecule has 0 fully saturated rings. The second-order valence-electron chi connectivity index (χ2n) is 4.02. The summed E-state index contributed by atoms with van der Waals surface area (Å²) < 4.78 is 5.05. The molecule has 3 nitrogen and oxygen atoms in total. The maximum absolute atomic E-state index is 5.05. The number of ether oxygens (including phenoxy) is 1. The van der Waals surface area contributed by atoms with Crippen molar-refractivity contribution < 1.29 is 4.74 Å². The molecule has 0 amide bonds. The zero-order valence-corrected chi connectivity index (χ0v) is 11.4. The highest BCUT2D eigenvalue weighted by molar-refractivity contribution is 7.09. The Hall–Kier alpha value is -1.39. The molecule has 96 valence electrons. The standard InChI is InChI=1S/C14H18N2OS/c1-17-10-8-14-16-13(11-18-14)7-9-15-12-5-3-2-4-6-12/h2-6,11,15H,7-10H2,1H3. The third kappa shape index (κ3) is 4.13. The Bertz CT molecular complexity index is 456. The maximum Gasteiger partial charge on any atom is 0.0951 e. The van der Waals surface area contributed by atoms with Crippen LogP contribution in [0.1, 0.15) is 10.7 Å². The molecule has 0 atom stereocenters. The van der Waals surface area contributed by atoms with Crippen LogP contribution in [0.15, 0.2) is 35.7 Å². The van der Waals surface area contributed by atoms with E-state index in [1.807, 2.05) is 18.2 Å². The van der Waals surface area contributed by atoms with Gasteiger partial charge < -0.3 is 10.1 Å². The topological polar surface area (TPSA) is 34.1 Å². The number of thiazole rings is 1. The van der Waals surface area contributed by atoms with Gasteiger partial charge in [-0.3, -0.25) is 0 Å². The van der Waals surface area contributed by atoms with Gasteiger partial charge in [0, 0.05) is 37.6 Å². The van der Waals surface area contributed by atoms with Gasteiger partial charge >= 0.3 is 0 Å². The van der Waals surface area contributed by atoms with Crippen molar-refractivity contribution in [1.82, 2.24) is 4.98 Å². The van der Waals surface area contributed by atoms with Crippen molar-refractivity contribution in [2.24, 2.45) is 0 Å². The number of para-hydroxylation sites is 1. The van der Waals surface area contributed by atoms with Crippen LogP contribution < -0.4 is 5.32 Å². The lowest BCUT2D eigenvalue weighted by Gasteiger charge is -2.04. The molecule has 0 saturated carbocycles. The number of nitrogens with one attached hydrogen (secondary N) is 1. The molecule has 1 N–H and O–H groups in total. The number of hydrogen-bond acceptors (Lipinski definition) is 4. The van der Waals surface area contributed by atoms with E-state index in [2.05, 4.69) is 27.8 Å². The molecule has 4 heteroatoms. The molecule has 0 bridgehead atoms. The summed E-state index contributed by atoms with van der Waals surface area (Å²) in [4.78, 5) is 4.58. The van der Waals surface area contributed by atoms with Crippen LogP contribution in [0.2, 0.25) is 0 Å². The summed E-state index contributed by atoms with van der Waals surface area (Å²) in [7, 11) is 1.72. The molecule has 1 heterocycles. The van der Waals surface area contributed by atoms with Gasteiger partial charge in [0.15, 0.2) is 0 Å². The average molecular weight is 262 g/mol. The van der Waals surface area contributed by atoms with Crippen LogP contribution in [0.5, 0.6) is 0 Å². The van der Waals surface area contributed by atoms with Gasteiger partial charge in [0.25, 0.3) is 0 Å². The number of aromatic nitrogens is 1. The molecule has 0 aliphatic heterocycles. The summed E-state index contributed by atoms with van der Waals surface area (Å²) in [6.45, 7) is 1.66. The molecular weight excluding hydrogens is 244 g/mol. The third-order valence-electron chi connectivity index (χ3n) is 2.60. The van der Waals surface area contributed by atoms with Gasteiger partial charge in [-0.1, -0.05) is 18.2 Å².